The second-order valence-corrected chi connectivity index (χ2v) is 14.1. The zero-order valence-corrected chi connectivity index (χ0v) is 27.9. The predicted octanol–water partition coefficient (Wildman–Crippen LogP) is 9.76. The predicted molar refractivity (Wildman–Crippen MR) is 201 cm³/mol. The van der Waals surface area contributed by atoms with Gasteiger partial charge < -0.3 is 14.4 Å². The van der Waals surface area contributed by atoms with E-state index < -0.39 is 0 Å². The van der Waals surface area contributed by atoms with Gasteiger partial charge in [-0.25, -0.2) is 0 Å². The van der Waals surface area contributed by atoms with E-state index in [1.807, 2.05) is 0 Å². The average Bonchev–Trinajstić information content (AvgIpc) is 3.11. The SMILES string of the molecule is CC(C)c1ccc2c(c1)B1c3cc(C(C)C)ccc3Oc3cc(N(C4=CC5C=CC=CC5C=C4)c4ccc5ccccc5c4)cc(c31)O2. The molecule has 2 unspecified atom stereocenters. The topological polar surface area (TPSA) is 21.7 Å². The fourth-order valence-corrected chi connectivity index (χ4v) is 7.75. The first-order chi connectivity index (χ1) is 23.4. The van der Waals surface area contributed by atoms with Crippen LogP contribution in [0, 0.1) is 11.8 Å². The van der Waals surface area contributed by atoms with E-state index in [4.69, 9.17) is 9.47 Å². The number of hydrogen-bond donors (Lipinski definition) is 0. The molecule has 0 saturated heterocycles. The van der Waals surface area contributed by atoms with Crippen molar-refractivity contribution in [1.29, 1.82) is 0 Å². The minimum absolute atomic E-state index is 0.0248. The Balaban J connectivity index is 1.25. The monoisotopic (exact) mass is 623 g/mol. The van der Waals surface area contributed by atoms with Crippen LogP contribution in [0.15, 0.2) is 139 Å². The van der Waals surface area contributed by atoms with Gasteiger partial charge >= 0.3 is 0 Å². The molecule has 4 aliphatic rings. The highest BCUT2D eigenvalue weighted by Gasteiger charge is 2.41. The van der Waals surface area contributed by atoms with Gasteiger partial charge in [0.05, 0.1) is 5.69 Å². The highest BCUT2D eigenvalue weighted by atomic mass is 16.5. The summed E-state index contributed by atoms with van der Waals surface area (Å²) in [5.74, 6) is 5.04. The van der Waals surface area contributed by atoms with Gasteiger partial charge in [-0.1, -0.05) is 119 Å². The van der Waals surface area contributed by atoms with Crippen molar-refractivity contribution in [2.45, 2.75) is 39.5 Å². The lowest BCUT2D eigenvalue weighted by atomic mass is 9.34. The van der Waals surface area contributed by atoms with E-state index >= 15 is 0 Å². The highest BCUT2D eigenvalue weighted by molar-refractivity contribution is 6.98. The molecule has 0 fully saturated rings. The molecule has 48 heavy (non-hydrogen) atoms. The third-order valence-corrected chi connectivity index (χ3v) is 10.4. The van der Waals surface area contributed by atoms with E-state index in [-0.39, 0.29) is 6.71 Å². The highest BCUT2D eigenvalue weighted by Crippen LogP contribution is 2.43. The lowest BCUT2D eigenvalue weighted by Crippen LogP contribution is -2.57. The van der Waals surface area contributed by atoms with Crippen molar-refractivity contribution in [2.75, 3.05) is 4.90 Å². The van der Waals surface area contributed by atoms with E-state index in [0.29, 0.717) is 23.7 Å². The quantitative estimate of drug-likeness (QED) is 0.178. The average molecular weight is 624 g/mol. The maximum absolute atomic E-state index is 6.86. The van der Waals surface area contributed by atoms with Crippen LogP contribution in [0.3, 0.4) is 0 Å². The van der Waals surface area contributed by atoms with Gasteiger partial charge in [-0.3, -0.25) is 0 Å². The van der Waals surface area contributed by atoms with Crippen LogP contribution in [0.25, 0.3) is 10.8 Å². The molecule has 0 aromatic heterocycles. The number of nitrogens with zero attached hydrogens (tertiary/aromatic N) is 1. The van der Waals surface area contributed by atoms with Crippen LogP contribution in [-0.2, 0) is 0 Å². The Morgan fingerprint density at radius 3 is 1.85 bits per heavy atom. The second kappa shape index (κ2) is 11.2. The molecule has 2 atom stereocenters. The summed E-state index contributed by atoms with van der Waals surface area (Å²) in [7, 11) is 0. The second-order valence-electron chi connectivity index (χ2n) is 14.1. The minimum Gasteiger partial charge on any atom is -0.458 e. The fourth-order valence-electron chi connectivity index (χ4n) is 7.75. The number of hydrogen-bond acceptors (Lipinski definition) is 3. The largest absolute Gasteiger partial charge is 0.458 e. The van der Waals surface area contributed by atoms with Crippen LogP contribution >= 0.6 is 0 Å². The molecular formula is C44H38BNO2. The summed E-state index contributed by atoms with van der Waals surface area (Å²) >= 11 is 0. The van der Waals surface area contributed by atoms with Gasteiger partial charge in [0.2, 0.25) is 0 Å². The summed E-state index contributed by atoms with van der Waals surface area (Å²) in [5.41, 5.74) is 9.38. The maximum Gasteiger partial charge on any atom is 0.260 e. The summed E-state index contributed by atoms with van der Waals surface area (Å²) in [5, 5.41) is 2.43. The van der Waals surface area contributed by atoms with Crippen molar-refractivity contribution in [2.24, 2.45) is 11.8 Å². The van der Waals surface area contributed by atoms with Crippen molar-refractivity contribution in [3.8, 4) is 23.0 Å². The zero-order chi connectivity index (χ0) is 32.5. The van der Waals surface area contributed by atoms with Crippen molar-refractivity contribution in [1.82, 2.24) is 0 Å². The number of ether oxygens (including phenoxy) is 2. The molecule has 0 bridgehead atoms. The first kappa shape index (κ1) is 29.0. The first-order valence-electron chi connectivity index (χ1n) is 17.3. The van der Waals surface area contributed by atoms with E-state index in [1.165, 1.54) is 32.8 Å². The number of anilines is 2. The summed E-state index contributed by atoms with van der Waals surface area (Å²) in [6.45, 7) is 9.04. The molecule has 0 radical (unpaired) electrons. The third-order valence-electron chi connectivity index (χ3n) is 10.4. The van der Waals surface area contributed by atoms with Gasteiger partial charge in [0, 0.05) is 40.8 Å². The number of allylic oxidation sites excluding steroid dienone is 7. The first-order valence-corrected chi connectivity index (χ1v) is 17.3. The molecule has 4 heteroatoms. The Hall–Kier alpha value is -5.22. The number of fused-ring (bicyclic) bond motifs is 6. The van der Waals surface area contributed by atoms with Gasteiger partial charge in [0.25, 0.3) is 6.71 Å². The van der Waals surface area contributed by atoms with Gasteiger partial charge in [-0.15, -0.1) is 0 Å². The Bertz CT molecular complexity index is 2160. The fraction of sp³-hybridized carbons (Fsp3) is 0.182. The van der Waals surface area contributed by atoms with Crippen LogP contribution < -0.4 is 30.8 Å². The Morgan fingerprint density at radius 1 is 0.583 bits per heavy atom. The van der Waals surface area contributed by atoms with E-state index in [1.54, 1.807) is 0 Å². The van der Waals surface area contributed by atoms with Gasteiger partial charge in [-0.2, -0.15) is 0 Å². The molecule has 234 valence electrons. The van der Waals surface area contributed by atoms with Gasteiger partial charge in [0.15, 0.2) is 0 Å². The molecule has 2 aliphatic heterocycles. The molecule has 5 aromatic rings. The van der Waals surface area contributed by atoms with E-state index in [2.05, 4.69) is 166 Å². The molecule has 2 aliphatic carbocycles. The minimum atomic E-state index is 0.0248. The summed E-state index contributed by atoms with van der Waals surface area (Å²) < 4.78 is 13.7. The molecule has 9 rings (SSSR count). The lowest BCUT2D eigenvalue weighted by Gasteiger charge is -2.36. The van der Waals surface area contributed by atoms with Crippen molar-refractivity contribution in [3.63, 3.8) is 0 Å². The zero-order valence-electron chi connectivity index (χ0n) is 27.9. The molecule has 0 saturated carbocycles. The third kappa shape index (κ3) is 4.73. The van der Waals surface area contributed by atoms with Crippen LogP contribution in [-0.4, -0.2) is 6.71 Å². The Kier molecular flexibility index (Phi) is 6.76. The molecule has 2 heterocycles. The summed E-state index contributed by atoms with van der Waals surface area (Å²) in [4.78, 5) is 2.36. The van der Waals surface area contributed by atoms with Crippen LogP contribution in [0.4, 0.5) is 11.4 Å². The molecular weight excluding hydrogens is 585 g/mol. The van der Waals surface area contributed by atoms with Crippen molar-refractivity contribution < 1.29 is 9.47 Å². The number of rotatable bonds is 5. The molecule has 0 N–H and O–H groups in total. The van der Waals surface area contributed by atoms with Crippen LogP contribution in [0.5, 0.6) is 23.0 Å². The summed E-state index contributed by atoms with van der Waals surface area (Å²) in [6.07, 6.45) is 15.9. The van der Waals surface area contributed by atoms with Gasteiger partial charge in [-0.05, 0) is 75.0 Å². The smallest absolute Gasteiger partial charge is 0.260 e. The summed E-state index contributed by atoms with van der Waals surface area (Å²) in [6, 6.07) is 33.2. The van der Waals surface area contributed by atoms with Crippen molar-refractivity contribution >= 4 is 45.2 Å². The van der Waals surface area contributed by atoms with Crippen LogP contribution in [0.1, 0.15) is 50.7 Å². The molecule has 0 spiro atoms. The molecule has 5 aromatic carbocycles. The van der Waals surface area contributed by atoms with Crippen molar-refractivity contribution in [3.05, 3.63) is 150 Å². The van der Waals surface area contributed by atoms with Gasteiger partial charge in [0.1, 0.15) is 23.0 Å². The Morgan fingerprint density at radius 2 is 1.21 bits per heavy atom. The van der Waals surface area contributed by atoms with E-state index in [9.17, 15) is 0 Å². The number of benzene rings is 5. The molecule has 0 amide bonds. The molecule has 3 nitrogen and oxygen atoms in total. The Labute approximate surface area is 283 Å². The normalized spacial score (nSPS) is 18.1. The maximum atomic E-state index is 6.86. The standard InChI is InChI=1S/C44H38BNO2/c1-27(2)31-15-19-40-38(23-31)45-39-24-32(28(3)4)16-20-41(39)48-43-26-37(25-42(47-40)44(43)45)46(35-17-13-29-9-5-7-11-33(29)21-35)36-18-14-30-10-6-8-12-34(30)22-36/h5-29,33H,1-4H3. The van der Waals surface area contributed by atoms with E-state index in [0.717, 1.165) is 45.5 Å². The lowest BCUT2D eigenvalue weighted by molar-refractivity contribution is 0.464. The van der Waals surface area contributed by atoms with Crippen LogP contribution in [0.2, 0.25) is 0 Å².